The van der Waals surface area contributed by atoms with E-state index in [1.165, 1.54) is 83.5 Å². The van der Waals surface area contributed by atoms with Crippen LogP contribution in [0, 0.1) is 17.8 Å². The highest BCUT2D eigenvalue weighted by molar-refractivity contribution is 4.67. The van der Waals surface area contributed by atoms with Gasteiger partial charge in [0.1, 0.15) is 0 Å². The van der Waals surface area contributed by atoms with E-state index in [1.54, 1.807) is 0 Å². The summed E-state index contributed by atoms with van der Waals surface area (Å²) < 4.78 is 0. The fraction of sp³-hybridized carbons (Fsp3) is 1.00. The van der Waals surface area contributed by atoms with Gasteiger partial charge in [-0.25, -0.2) is 0 Å². The maximum Gasteiger partial charge on any atom is 0.0459 e. The fourth-order valence-electron chi connectivity index (χ4n) is 3.30. The second-order valence-corrected chi connectivity index (χ2v) is 7.67. The van der Waals surface area contributed by atoms with Gasteiger partial charge in [0, 0.05) is 6.61 Å². The molecule has 0 amide bonds. The molecule has 0 saturated carbocycles. The van der Waals surface area contributed by atoms with Gasteiger partial charge in [-0.3, -0.25) is 0 Å². The smallest absolute Gasteiger partial charge is 0.0459 e. The average Bonchev–Trinajstić information content (AvgIpc) is 2.54. The van der Waals surface area contributed by atoms with Gasteiger partial charge >= 0.3 is 0 Å². The second kappa shape index (κ2) is 15.8. The lowest BCUT2D eigenvalue weighted by molar-refractivity contribution is 0.159. The van der Waals surface area contributed by atoms with Crippen molar-refractivity contribution in [3.63, 3.8) is 0 Å². The van der Waals surface area contributed by atoms with Gasteiger partial charge in [0.2, 0.25) is 0 Å². The average molecular weight is 313 g/mol. The Morgan fingerprint density at radius 2 is 1.00 bits per heavy atom. The predicted molar refractivity (Wildman–Crippen MR) is 100 cm³/mol. The third kappa shape index (κ3) is 12.5. The van der Waals surface area contributed by atoms with Gasteiger partial charge in [-0.15, -0.1) is 0 Å². The number of hydrogen-bond donors (Lipinski definition) is 1. The maximum absolute atomic E-state index is 9.23. The quantitative estimate of drug-likeness (QED) is 0.305. The molecule has 0 aromatic rings. The number of rotatable bonds is 16. The molecule has 0 bridgehead atoms. The fourth-order valence-corrected chi connectivity index (χ4v) is 3.30. The van der Waals surface area contributed by atoms with Crippen LogP contribution >= 0.6 is 0 Å². The second-order valence-electron chi connectivity index (χ2n) is 7.67. The van der Waals surface area contributed by atoms with Crippen molar-refractivity contribution in [2.75, 3.05) is 6.61 Å². The van der Waals surface area contributed by atoms with E-state index in [9.17, 15) is 5.11 Å². The minimum absolute atomic E-state index is 0.337. The third-order valence-electron chi connectivity index (χ3n) is 5.60. The molecule has 0 aliphatic rings. The Labute approximate surface area is 141 Å². The van der Waals surface area contributed by atoms with E-state index >= 15 is 0 Å². The monoisotopic (exact) mass is 312 g/mol. The van der Waals surface area contributed by atoms with Gasteiger partial charge in [0.25, 0.3) is 0 Å². The zero-order valence-electron chi connectivity index (χ0n) is 16.1. The molecule has 0 aliphatic heterocycles. The Morgan fingerprint density at radius 3 is 1.41 bits per heavy atom. The first-order chi connectivity index (χ1) is 10.6. The molecule has 0 saturated heterocycles. The summed E-state index contributed by atoms with van der Waals surface area (Å²) in [5.74, 6) is 1.86. The van der Waals surface area contributed by atoms with Gasteiger partial charge in [0.15, 0.2) is 0 Å². The van der Waals surface area contributed by atoms with Gasteiger partial charge < -0.3 is 5.11 Å². The van der Waals surface area contributed by atoms with Crippen LogP contribution in [-0.2, 0) is 0 Å². The molecule has 1 nitrogen and oxygen atoms in total. The molecule has 3 unspecified atom stereocenters. The summed E-state index contributed by atoms with van der Waals surface area (Å²) in [6, 6.07) is 0. The number of hydrogen-bond acceptors (Lipinski definition) is 1. The molecule has 3 atom stereocenters. The van der Waals surface area contributed by atoms with E-state index < -0.39 is 0 Å². The van der Waals surface area contributed by atoms with E-state index in [0.29, 0.717) is 18.4 Å². The van der Waals surface area contributed by atoms with Gasteiger partial charge in [0.05, 0.1) is 0 Å². The largest absolute Gasteiger partial charge is 0.396 e. The highest BCUT2D eigenvalue weighted by Crippen LogP contribution is 2.25. The Morgan fingerprint density at radius 1 is 0.591 bits per heavy atom. The molecule has 22 heavy (non-hydrogen) atoms. The van der Waals surface area contributed by atoms with Gasteiger partial charge in [-0.1, -0.05) is 111 Å². The first-order valence-electron chi connectivity index (χ1n) is 10.2. The van der Waals surface area contributed by atoms with Crippen LogP contribution in [0.5, 0.6) is 0 Å². The van der Waals surface area contributed by atoms with E-state index in [2.05, 4.69) is 27.7 Å². The van der Waals surface area contributed by atoms with Crippen LogP contribution < -0.4 is 0 Å². The first-order valence-corrected chi connectivity index (χ1v) is 10.2. The van der Waals surface area contributed by atoms with Crippen molar-refractivity contribution < 1.29 is 5.11 Å². The normalized spacial score (nSPS) is 15.7. The minimum atomic E-state index is 0.337. The molecule has 0 rings (SSSR count). The molecule has 134 valence electrons. The van der Waals surface area contributed by atoms with E-state index in [1.807, 2.05) is 0 Å². The standard InChI is InChI=1S/C21H44O/c1-5-6-7-8-9-10-11-12-13-14-15-16-17-19(2)21(4)20(3)18-22/h19-22H,5-18H2,1-4H3. The molecule has 1 N–H and O–H groups in total. The molecule has 0 fully saturated rings. The first kappa shape index (κ1) is 22.0. The molecular weight excluding hydrogens is 268 g/mol. The third-order valence-corrected chi connectivity index (χ3v) is 5.60. The van der Waals surface area contributed by atoms with Crippen LogP contribution in [0.3, 0.4) is 0 Å². The van der Waals surface area contributed by atoms with Crippen molar-refractivity contribution in [2.24, 2.45) is 17.8 Å². The lowest BCUT2D eigenvalue weighted by Gasteiger charge is -2.24. The van der Waals surface area contributed by atoms with E-state index in [-0.39, 0.29) is 0 Å². The van der Waals surface area contributed by atoms with Crippen LogP contribution in [0.2, 0.25) is 0 Å². The van der Waals surface area contributed by atoms with E-state index in [0.717, 1.165) is 5.92 Å². The summed E-state index contributed by atoms with van der Waals surface area (Å²) in [4.78, 5) is 0. The lowest BCUT2D eigenvalue weighted by atomic mass is 9.82. The summed E-state index contributed by atoms with van der Waals surface area (Å²) in [5.41, 5.74) is 0. The highest BCUT2D eigenvalue weighted by atomic mass is 16.3. The molecule has 0 aromatic heterocycles. The molecule has 0 heterocycles. The van der Waals surface area contributed by atoms with Crippen molar-refractivity contribution in [1.82, 2.24) is 0 Å². The van der Waals surface area contributed by atoms with Crippen LogP contribution in [0.15, 0.2) is 0 Å². The summed E-state index contributed by atoms with van der Waals surface area (Å²) >= 11 is 0. The summed E-state index contributed by atoms with van der Waals surface area (Å²) in [6.07, 6.45) is 18.5. The van der Waals surface area contributed by atoms with E-state index in [4.69, 9.17) is 0 Å². The number of unbranched alkanes of at least 4 members (excludes halogenated alkanes) is 11. The Hall–Kier alpha value is -0.0400. The van der Waals surface area contributed by atoms with Crippen molar-refractivity contribution in [3.8, 4) is 0 Å². The van der Waals surface area contributed by atoms with Crippen LogP contribution in [0.25, 0.3) is 0 Å². The lowest BCUT2D eigenvalue weighted by Crippen LogP contribution is -2.19. The molecule has 0 aromatic carbocycles. The maximum atomic E-state index is 9.23. The molecule has 1 heteroatoms. The molecule has 0 aliphatic carbocycles. The van der Waals surface area contributed by atoms with Crippen LogP contribution in [0.4, 0.5) is 0 Å². The van der Waals surface area contributed by atoms with Gasteiger partial charge in [-0.05, 0) is 17.8 Å². The highest BCUT2D eigenvalue weighted by Gasteiger charge is 2.17. The molecule has 0 radical (unpaired) electrons. The van der Waals surface area contributed by atoms with Crippen molar-refractivity contribution in [3.05, 3.63) is 0 Å². The zero-order valence-corrected chi connectivity index (χ0v) is 16.1. The Balaban J connectivity index is 3.26. The van der Waals surface area contributed by atoms with Crippen LogP contribution in [0.1, 0.15) is 111 Å². The van der Waals surface area contributed by atoms with Gasteiger partial charge in [-0.2, -0.15) is 0 Å². The zero-order chi connectivity index (χ0) is 16.6. The SMILES string of the molecule is CCCCCCCCCCCCCCC(C)C(C)C(C)CO. The van der Waals surface area contributed by atoms with Crippen molar-refractivity contribution in [1.29, 1.82) is 0 Å². The Bertz CT molecular complexity index is 214. The summed E-state index contributed by atoms with van der Waals surface area (Å²) in [7, 11) is 0. The summed E-state index contributed by atoms with van der Waals surface area (Å²) in [5, 5.41) is 9.23. The van der Waals surface area contributed by atoms with Crippen LogP contribution in [-0.4, -0.2) is 11.7 Å². The summed E-state index contributed by atoms with van der Waals surface area (Å²) in [6.45, 7) is 9.45. The van der Waals surface area contributed by atoms with Crippen molar-refractivity contribution >= 4 is 0 Å². The molecular formula is C21H44O. The number of aliphatic hydroxyl groups is 1. The number of aliphatic hydroxyl groups excluding tert-OH is 1. The minimum Gasteiger partial charge on any atom is -0.396 e. The predicted octanol–water partition coefficient (Wildman–Crippen LogP) is 6.98. The molecule has 0 spiro atoms. The topological polar surface area (TPSA) is 20.2 Å². The van der Waals surface area contributed by atoms with Crippen molar-refractivity contribution in [2.45, 2.75) is 111 Å². The Kier molecular flexibility index (Phi) is 15.8.